The smallest absolute Gasteiger partial charge is 0.304 e. The summed E-state index contributed by atoms with van der Waals surface area (Å²) in [5.74, 6) is 0.751. The maximum atomic E-state index is 10.1. The zero-order valence-electron chi connectivity index (χ0n) is 6.40. The average molecular weight is 203 g/mol. The Kier molecular flexibility index (Phi) is 4.10. The van der Waals surface area contributed by atoms with Crippen LogP contribution < -0.4 is 0 Å². The lowest BCUT2D eigenvalue weighted by Crippen LogP contribution is -1.95. The summed E-state index contributed by atoms with van der Waals surface area (Å²) >= 11 is 3.21. The molecule has 1 heterocycles. The van der Waals surface area contributed by atoms with Crippen LogP contribution in [0.4, 0.5) is 0 Å². The van der Waals surface area contributed by atoms with Crippen molar-refractivity contribution in [1.29, 1.82) is 0 Å². The van der Waals surface area contributed by atoms with Crippen molar-refractivity contribution >= 4 is 29.1 Å². The molecule has 1 aromatic rings. The van der Waals surface area contributed by atoms with E-state index in [1.54, 1.807) is 29.3 Å². The highest BCUT2D eigenvalue weighted by atomic mass is 32.2. The minimum absolute atomic E-state index is 0.232. The molecule has 0 saturated heterocycles. The predicted octanol–water partition coefficient (Wildman–Crippen LogP) is 1.85. The number of hydrogen-bond donors (Lipinski definition) is 1. The molecule has 5 heteroatoms. The summed E-state index contributed by atoms with van der Waals surface area (Å²) < 4.78 is 0. The van der Waals surface area contributed by atoms with E-state index in [4.69, 9.17) is 5.11 Å². The van der Waals surface area contributed by atoms with E-state index >= 15 is 0 Å². The molecule has 0 amide bonds. The summed E-state index contributed by atoms with van der Waals surface area (Å²) in [4.78, 5) is 14.2. The molecule has 0 aromatic carbocycles. The van der Waals surface area contributed by atoms with Gasteiger partial charge < -0.3 is 5.11 Å². The first kappa shape index (κ1) is 9.54. The Hall–Kier alpha value is -0.550. The van der Waals surface area contributed by atoms with Gasteiger partial charge in [0.2, 0.25) is 0 Å². The number of carbonyl (C=O) groups is 1. The van der Waals surface area contributed by atoms with Crippen molar-refractivity contribution < 1.29 is 9.90 Å². The monoisotopic (exact) mass is 203 g/mol. The highest BCUT2D eigenvalue weighted by molar-refractivity contribution is 7.98. The van der Waals surface area contributed by atoms with Crippen LogP contribution in [-0.2, 0) is 10.5 Å². The molecule has 0 bridgehead atoms. The van der Waals surface area contributed by atoms with Crippen LogP contribution in [0.5, 0.6) is 0 Å². The third-order valence-electron chi connectivity index (χ3n) is 1.17. The minimum atomic E-state index is -0.735. The topological polar surface area (TPSA) is 50.2 Å². The van der Waals surface area contributed by atoms with Crippen molar-refractivity contribution in [2.75, 3.05) is 5.75 Å². The van der Waals surface area contributed by atoms with Gasteiger partial charge >= 0.3 is 5.97 Å². The lowest BCUT2D eigenvalue weighted by atomic mass is 10.5. The molecule has 0 unspecified atom stereocenters. The fraction of sp³-hybridized carbons (Fsp3) is 0.429. The van der Waals surface area contributed by atoms with Gasteiger partial charge in [0, 0.05) is 23.1 Å². The van der Waals surface area contributed by atoms with E-state index in [-0.39, 0.29) is 6.42 Å². The van der Waals surface area contributed by atoms with Gasteiger partial charge in [0.25, 0.3) is 0 Å². The van der Waals surface area contributed by atoms with Gasteiger partial charge in [0.1, 0.15) is 5.01 Å². The summed E-state index contributed by atoms with van der Waals surface area (Å²) in [7, 11) is 0. The summed E-state index contributed by atoms with van der Waals surface area (Å²) in [6.45, 7) is 0. The molecule has 0 aliphatic rings. The molecule has 1 aromatic heterocycles. The second-order valence-electron chi connectivity index (χ2n) is 2.12. The standard InChI is InChI=1S/C7H9NO2S2/c9-7(10)1-3-11-5-6-8-2-4-12-6/h2,4H,1,3,5H2,(H,9,10). The quantitative estimate of drug-likeness (QED) is 0.742. The van der Waals surface area contributed by atoms with Crippen LogP contribution in [0.25, 0.3) is 0 Å². The van der Waals surface area contributed by atoms with Crippen LogP contribution in [0.3, 0.4) is 0 Å². The van der Waals surface area contributed by atoms with E-state index in [9.17, 15) is 4.79 Å². The van der Waals surface area contributed by atoms with Crippen molar-refractivity contribution in [1.82, 2.24) is 4.98 Å². The molecule has 0 fully saturated rings. The van der Waals surface area contributed by atoms with E-state index in [1.807, 2.05) is 5.38 Å². The molecule has 3 nitrogen and oxygen atoms in total. The van der Waals surface area contributed by atoms with Crippen LogP contribution in [0, 0.1) is 0 Å². The van der Waals surface area contributed by atoms with Gasteiger partial charge in [0.15, 0.2) is 0 Å². The Bertz CT molecular complexity index is 236. The highest BCUT2D eigenvalue weighted by Gasteiger charge is 1.98. The number of thiazole rings is 1. The minimum Gasteiger partial charge on any atom is -0.481 e. The molecule has 0 spiro atoms. The normalized spacial score (nSPS) is 10.0. The van der Waals surface area contributed by atoms with Crippen molar-refractivity contribution in [3.8, 4) is 0 Å². The van der Waals surface area contributed by atoms with Gasteiger partial charge in [-0.3, -0.25) is 4.79 Å². The second kappa shape index (κ2) is 5.16. The number of aromatic nitrogens is 1. The molecule has 0 aliphatic heterocycles. The Balaban J connectivity index is 2.07. The van der Waals surface area contributed by atoms with E-state index in [2.05, 4.69) is 4.98 Å². The third-order valence-corrected chi connectivity index (χ3v) is 3.10. The first-order chi connectivity index (χ1) is 5.79. The van der Waals surface area contributed by atoms with E-state index in [0.29, 0.717) is 5.75 Å². The first-order valence-electron chi connectivity index (χ1n) is 3.47. The van der Waals surface area contributed by atoms with Gasteiger partial charge in [-0.2, -0.15) is 11.8 Å². The molecule has 0 atom stereocenters. The predicted molar refractivity (Wildman–Crippen MR) is 50.5 cm³/mol. The number of hydrogen-bond acceptors (Lipinski definition) is 4. The van der Waals surface area contributed by atoms with Gasteiger partial charge in [-0.05, 0) is 0 Å². The molecule has 12 heavy (non-hydrogen) atoms. The lowest BCUT2D eigenvalue weighted by molar-refractivity contribution is -0.136. The number of thioether (sulfide) groups is 1. The molecule has 66 valence electrons. The Morgan fingerprint density at radius 2 is 2.58 bits per heavy atom. The fourth-order valence-corrected chi connectivity index (χ4v) is 2.28. The third kappa shape index (κ3) is 3.73. The summed E-state index contributed by atoms with van der Waals surface area (Å²) in [5, 5.41) is 11.3. The molecule has 0 aliphatic carbocycles. The van der Waals surface area contributed by atoms with Crippen molar-refractivity contribution in [2.24, 2.45) is 0 Å². The van der Waals surface area contributed by atoms with Gasteiger partial charge in [-0.1, -0.05) is 0 Å². The van der Waals surface area contributed by atoms with Crippen LogP contribution in [-0.4, -0.2) is 21.8 Å². The fourth-order valence-electron chi connectivity index (χ4n) is 0.643. The lowest BCUT2D eigenvalue weighted by Gasteiger charge is -1.94. The van der Waals surface area contributed by atoms with Crippen molar-refractivity contribution in [2.45, 2.75) is 12.2 Å². The second-order valence-corrected chi connectivity index (χ2v) is 4.21. The summed E-state index contributed by atoms with van der Waals surface area (Å²) in [5.41, 5.74) is 0. The Morgan fingerprint density at radius 1 is 1.75 bits per heavy atom. The molecular formula is C7H9NO2S2. The van der Waals surface area contributed by atoms with Crippen LogP contribution in [0.15, 0.2) is 11.6 Å². The van der Waals surface area contributed by atoms with E-state index < -0.39 is 5.97 Å². The zero-order valence-corrected chi connectivity index (χ0v) is 8.03. The highest BCUT2D eigenvalue weighted by Crippen LogP contribution is 2.14. The molecule has 1 N–H and O–H groups in total. The van der Waals surface area contributed by atoms with Gasteiger partial charge in [-0.15, -0.1) is 11.3 Å². The Labute approximate surface area is 78.8 Å². The number of aliphatic carboxylic acids is 1. The molecular weight excluding hydrogens is 194 g/mol. The average Bonchev–Trinajstić information content (AvgIpc) is 2.49. The van der Waals surface area contributed by atoms with Crippen molar-refractivity contribution in [3.63, 3.8) is 0 Å². The SMILES string of the molecule is O=C(O)CCSCc1nccs1. The molecule has 0 saturated carbocycles. The largest absolute Gasteiger partial charge is 0.481 e. The van der Waals surface area contributed by atoms with Crippen LogP contribution in [0.2, 0.25) is 0 Å². The number of carboxylic acid groups (broad SMARTS) is 1. The molecule has 0 radical (unpaired) electrons. The maximum absolute atomic E-state index is 10.1. The Morgan fingerprint density at radius 3 is 3.17 bits per heavy atom. The number of rotatable bonds is 5. The number of carboxylic acids is 1. The molecule has 1 rings (SSSR count). The van der Waals surface area contributed by atoms with E-state index in [1.165, 1.54) is 0 Å². The maximum Gasteiger partial charge on any atom is 0.304 e. The van der Waals surface area contributed by atoms with Gasteiger partial charge in [-0.25, -0.2) is 4.98 Å². The van der Waals surface area contributed by atoms with Crippen LogP contribution >= 0.6 is 23.1 Å². The summed E-state index contributed by atoms with van der Waals surface area (Å²) in [6.07, 6.45) is 1.99. The van der Waals surface area contributed by atoms with E-state index in [0.717, 1.165) is 10.8 Å². The first-order valence-corrected chi connectivity index (χ1v) is 5.50. The van der Waals surface area contributed by atoms with Gasteiger partial charge in [0.05, 0.1) is 6.42 Å². The summed E-state index contributed by atoms with van der Waals surface area (Å²) in [6, 6.07) is 0. The van der Waals surface area contributed by atoms with Crippen LogP contribution in [0.1, 0.15) is 11.4 Å². The number of nitrogens with zero attached hydrogens (tertiary/aromatic N) is 1. The zero-order chi connectivity index (χ0) is 8.81. The van der Waals surface area contributed by atoms with Crippen molar-refractivity contribution in [3.05, 3.63) is 16.6 Å².